The van der Waals surface area contributed by atoms with Crippen molar-refractivity contribution >= 4 is 17.3 Å². The summed E-state index contributed by atoms with van der Waals surface area (Å²) in [5.74, 6) is 0.672. The van der Waals surface area contributed by atoms with Gasteiger partial charge < -0.3 is 20.1 Å². The van der Waals surface area contributed by atoms with E-state index in [0.29, 0.717) is 12.2 Å². The summed E-state index contributed by atoms with van der Waals surface area (Å²) >= 11 is 0. The lowest BCUT2D eigenvalue weighted by Gasteiger charge is -2.22. The van der Waals surface area contributed by atoms with Gasteiger partial charge in [-0.05, 0) is 55.2 Å². The number of nitrogens with one attached hydrogen (secondary N) is 2. The molecule has 0 aliphatic heterocycles. The molecule has 0 saturated heterocycles. The van der Waals surface area contributed by atoms with Crippen molar-refractivity contribution < 1.29 is 14.3 Å². The van der Waals surface area contributed by atoms with E-state index in [2.05, 4.69) is 22.8 Å². The average molecular weight is 417 g/mol. The Kier molecular flexibility index (Phi) is 6.85. The van der Waals surface area contributed by atoms with Gasteiger partial charge in [-0.1, -0.05) is 48.5 Å². The Labute approximate surface area is 183 Å². The number of hydrogen-bond donors (Lipinski definition) is 2. The monoisotopic (exact) mass is 416 g/mol. The van der Waals surface area contributed by atoms with Gasteiger partial charge in [0.15, 0.2) is 0 Å². The molecule has 0 spiro atoms. The third kappa shape index (κ3) is 5.44. The van der Waals surface area contributed by atoms with E-state index in [9.17, 15) is 4.79 Å². The van der Waals surface area contributed by atoms with Crippen LogP contribution in [0.15, 0.2) is 78.9 Å². The summed E-state index contributed by atoms with van der Waals surface area (Å²) in [5.41, 5.74) is 3.45. The minimum absolute atomic E-state index is 0.0297. The Bertz CT molecular complexity index is 1010. The van der Waals surface area contributed by atoms with E-state index in [1.165, 1.54) is 0 Å². The quantitative estimate of drug-likeness (QED) is 0.523. The lowest BCUT2D eigenvalue weighted by atomic mass is 10.1. The first kappa shape index (κ1) is 20.9. The van der Waals surface area contributed by atoms with Crippen molar-refractivity contribution in [2.24, 2.45) is 0 Å². The summed E-state index contributed by atoms with van der Waals surface area (Å²) in [6, 6.07) is 25.4. The average Bonchev–Trinajstić information content (AvgIpc) is 3.26. The van der Waals surface area contributed by atoms with Crippen LogP contribution in [-0.2, 0) is 11.3 Å². The van der Waals surface area contributed by atoms with Crippen LogP contribution in [0.5, 0.6) is 5.75 Å². The van der Waals surface area contributed by atoms with Crippen molar-refractivity contribution in [2.45, 2.75) is 38.0 Å². The minimum Gasteiger partial charge on any atom is -0.495 e. The van der Waals surface area contributed by atoms with Crippen LogP contribution in [0.1, 0.15) is 35.2 Å². The molecule has 1 amide bonds. The highest BCUT2D eigenvalue weighted by atomic mass is 16.5. The van der Waals surface area contributed by atoms with Gasteiger partial charge >= 0.3 is 0 Å². The summed E-state index contributed by atoms with van der Waals surface area (Å²) in [6.45, 7) is 0.566. The van der Waals surface area contributed by atoms with Gasteiger partial charge in [-0.3, -0.25) is 4.79 Å². The third-order valence-electron chi connectivity index (χ3n) is 5.59. The maximum atomic E-state index is 12.9. The van der Waals surface area contributed by atoms with Gasteiger partial charge in [-0.15, -0.1) is 0 Å². The molecule has 5 heteroatoms. The second-order valence-corrected chi connectivity index (χ2v) is 7.75. The molecule has 0 radical (unpaired) electrons. The van der Waals surface area contributed by atoms with E-state index >= 15 is 0 Å². The topological polar surface area (TPSA) is 59.6 Å². The van der Waals surface area contributed by atoms with E-state index in [1.54, 1.807) is 7.11 Å². The van der Waals surface area contributed by atoms with Crippen molar-refractivity contribution in [3.8, 4) is 5.75 Å². The number of carbonyl (C=O) groups is 1. The Balaban J connectivity index is 1.38. The number of para-hydroxylation sites is 2. The van der Waals surface area contributed by atoms with Gasteiger partial charge in [0, 0.05) is 11.3 Å². The normalized spacial score (nSPS) is 17.8. The summed E-state index contributed by atoms with van der Waals surface area (Å²) in [7, 11) is 1.64. The lowest BCUT2D eigenvalue weighted by Crippen LogP contribution is -2.41. The Morgan fingerprint density at radius 1 is 0.968 bits per heavy atom. The fraction of sp³-hybridized carbons (Fsp3) is 0.269. The molecule has 1 fully saturated rings. The minimum atomic E-state index is -0.0797. The van der Waals surface area contributed by atoms with E-state index in [1.807, 2.05) is 66.7 Å². The third-order valence-corrected chi connectivity index (χ3v) is 5.59. The second-order valence-electron chi connectivity index (χ2n) is 7.75. The Hall–Kier alpha value is -3.31. The van der Waals surface area contributed by atoms with Gasteiger partial charge in [-0.2, -0.15) is 0 Å². The van der Waals surface area contributed by atoms with Crippen LogP contribution in [0.4, 0.5) is 11.4 Å². The molecule has 4 rings (SSSR count). The summed E-state index contributed by atoms with van der Waals surface area (Å²) in [4.78, 5) is 12.9. The number of carbonyl (C=O) groups excluding carboxylic acids is 1. The predicted molar refractivity (Wildman–Crippen MR) is 123 cm³/mol. The maximum absolute atomic E-state index is 12.9. The van der Waals surface area contributed by atoms with Gasteiger partial charge in [0.05, 0.1) is 31.5 Å². The number of amides is 1. The molecule has 0 unspecified atom stereocenters. The molecule has 0 bridgehead atoms. The molecule has 3 aromatic carbocycles. The molecule has 2 atom stereocenters. The lowest BCUT2D eigenvalue weighted by molar-refractivity contribution is 0.0272. The molecule has 1 saturated carbocycles. The highest BCUT2D eigenvalue weighted by Crippen LogP contribution is 2.28. The fourth-order valence-corrected chi connectivity index (χ4v) is 3.96. The van der Waals surface area contributed by atoms with Crippen molar-refractivity contribution in [3.63, 3.8) is 0 Å². The van der Waals surface area contributed by atoms with Crippen LogP contribution in [0.25, 0.3) is 0 Å². The number of benzene rings is 3. The number of ether oxygens (including phenoxy) is 2. The molecular formula is C26H28N2O3. The van der Waals surface area contributed by atoms with Gasteiger partial charge in [0.2, 0.25) is 0 Å². The largest absolute Gasteiger partial charge is 0.495 e. The highest BCUT2D eigenvalue weighted by molar-refractivity contribution is 5.95. The van der Waals surface area contributed by atoms with Crippen LogP contribution in [0, 0.1) is 0 Å². The van der Waals surface area contributed by atoms with Crippen LogP contribution < -0.4 is 15.4 Å². The van der Waals surface area contributed by atoms with E-state index in [-0.39, 0.29) is 18.1 Å². The predicted octanol–water partition coefficient (Wildman–Crippen LogP) is 5.31. The zero-order valence-corrected chi connectivity index (χ0v) is 17.7. The first-order chi connectivity index (χ1) is 15.2. The summed E-state index contributed by atoms with van der Waals surface area (Å²) in [6.07, 6.45) is 3.00. The van der Waals surface area contributed by atoms with Gasteiger partial charge in [0.25, 0.3) is 5.91 Å². The first-order valence-corrected chi connectivity index (χ1v) is 10.7. The molecule has 160 valence electrons. The standard InChI is InChI=1S/C26H28N2O3/c1-30-24-15-6-5-13-22(24)27-21-12-7-11-20(17-21)26(29)28-23-14-8-16-25(23)31-18-19-9-3-2-4-10-19/h2-7,9-13,15,17,23,25,27H,8,14,16,18H2,1H3,(H,28,29)/t23-,25-/m0/s1. The Morgan fingerprint density at radius 3 is 2.61 bits per heavy atom. The van der Waals surface area contributed by atoms with Crippen molar-refractivity contribution in [1.29, 1.82) is 0 Å². The summed E-state index contributed by atoms with van der Waals surface area (Å²) < 4.78 is 11.5. The molecule has 2 N–H and O–H groups in total. The number of hydrogen-bond acceptors (Lipinski definition) is 4. The SMILES string of the molecule is COc1ccccc1Nc1cccc(C(=O)N[C@H]2CCC[C@@H]2OCc2ccccc2)c1. The molecule has 31 heavy (non-hydrogen) atoms. The molecular weight excluding hydrogens is 388 g/mol. The maximum Gasteiger partial charge on any atom is 0.251 e. The summed E-state index contributed by atoms with van der Waals surface area (Å²) in [5, 5.41) is 6.51. The van der Waals surface area contributed by atoms with Gasteiger partial charge in [-0.25, -0.2) is 0 Å². The van der Waals surface area contributed by atoms with Crippen molar-refractivity contribution in [3.05, 3.63) is 90.0 Å². The molecule has 3 aromatic rings. The smallest absolute Gasteiger partial charge is 0.251 e. The van der Waals surface area contributed by atoms with Crippen LogP contribution >= 0.6 is 0 Å². The van der Waals surface area contributed by atoms with E-state index < -0.39 is 0 Å². The zero-order valence-electron chi connectivity index (χ0n) is 17.7. The van der Waals surface area contributed by atoms with E-state index in [0.717, 1.165) is 42.0 Å². The second kappa shape index (κ2) is 10.1. The molecule has 0 aromatic heterocycles. The number of methoxy groups -OCH3 is 1. The fourth-order valence-electron chi connectivity index (χ4n) is 3.96. The molecule has 0 heterocycles. The van der Waals surface area contributed by atoms with Crippen molar-refractivity contribution in [2.75, 3.05) is 12.4 Å². The molecule has 1 aliphatic rings. The van der Waals surface area contributed by atoms with Crippen LogP contribution in [0.2, 0.25) is 0 Å². The first-order valence-electron chi connectivity index (χ1n) is 10.7. The molecule has 5 nitrogen and oxygen atoms in total. The number of rotatable bonds is 8. The zero-order chi connectivity index (χ0) is 21.5. The number of anilines is 2. The Morgan fingerprint density at radius 2 is 1.77 bits per heavy atom. The van der Waals surface area contributed by atoms with Crippen LogP contribution in [0.3, 0.4) is 0 Å². The van der Waals surface area contributed by atoms with E-state index in [4.69, 9.17) is 9.47 Å². The van der Waals surface area contributed by atoms with Crippen molar-refractivity contribution in [1.82, 2.24) is 5.32 Å². The van der Waals surface area contributed by atoms with Gasteiger partial charge in [0.1, 0.15) is 5.75 Å². The van der Waals surface area contributed by atoms with Crippen LogP contribution in [-0.4, -0.2) is 25.2 Å². The molecule has 1 aliphatic carbocycles. The highest BCUT2D eigenvalue weighted by Gasteiger charge is 2.29.